The van der Waals surface area contributed by atoms with Gasteiger partial charge in [0, 0.05) is 37.8 Å². The number of hydrogen-bond donors (Lipinski definition) is 0. The van der Waals surface area contributed by atoms with Crippen LogP contribution in [0.4, 0.5) is 5.88 Å². The zero-order chi connectivity index (χ0) is 18.7. The molecule has 6 nitrogen and oxygen atoms in total. The molecule has 3 rings (SSSR count). The Balaban J connectivity index is 2.02. The van der Waals surface area contributed by atoms with E-state index in [0.717, 1.165) is 6.42 Å². The molecule has 0 spiro atoms. The Morgan fingerprint density at radius 2 is 1.96 bits per heavy atom. The van der Waals surface area contributed by atoms with Gasteiger partial charge in [0.2, 0.25) is 0 Å². The third kappa shape index (κ3) is 3.78. The predicted octanol–water partition coefficient (Wildman–Crippen LogP) is 3.26. The van der Waals surface area contributed by atoms with Crippen LogP contribution in [0.5, 0.6) is 0 Å². The van der Waals surface area contributed by atoms with Crippen LogP contribution in [0.1, 0.15) is 30.6 Å². The zero-order valence-electron chi connectivity index (χ0n) is 15.1. The average Bonchev–Trinajstić information content (AvgIpc) is 2.66. The summed E-state index contributed by atoms with van der Waals surface area (Å²) < 4.78 is 11.9. The monoisotopic (exact) mass is 422 g/mol. The summed E-state index contributed by atoms with van der Waals surface area (Å²) in [7, 11) is 0. The zero-order valence-corrected chi connectivity index (χ0v) is 16.7. The van der Waals surface area contributed by atoms with Crippen molar-refractivity contribution in [2.24, 2.45) is 0 Å². The van der Waals surface area contributed by atoms with Crippen molar-refractivity contribution in [2.75, 3.05) is 44.3 Å². The molecule has 1 amide bonds. The fraction of sp³-hybridized carbons (Fsp3) is 0.474. The van der Waals surface area contributed by atoms with Crippen molar-refractivity contribution >= 4 is 38.7 Å². The Morgan fingerprint density at radius 3 is 2.62 bits per heavy atom. The van der Waals surface area contributed by atoms with Crippen molar-refractivity contribution in [3.63, 3.8) is 0 Å². The number of morpholine rings is 1. The van der Waals surface area contributed by atoms with Gasteiger partial charge >= 0.3 is 0 Å². The first-order valence-electron chi connectivity index (χ1n) is 8.94. The lowest BCUT2D eigenvalue weighted by atomic mass is 10.1. The minimum Gasteiger partial charge on any atom is -0.439 e. The minimum absolute atomic E-state index is 0.0754. The van der Waals surface area contributed by atoms with Crippen LogP contribution in [0, 0.1) is 0 Å². The first kappa shape index (κ1) is 18.9. The van der Waals surface area contributed by atoms with Crippen molar-refractivity contribution in [2.45, 2.75) is 20.3 Å². The number of amides is 1. The van der Waals surface area contributed by atoms with Gasteiger partial charge in [-0.05, 0) is 41.4 Å². The molecule has 0 N–H and O–H groups in total. The highest BCUT2D eigenvalue weighted by Crippen LogP contribution is 2.28. The van der Waals surface area contributed by atoms with E-state index < -0.39 is 0 Å². The van der Waals surface area contributed by atoms with Gasteiger partial charge in [0.1, 0.15) is 0 Å². The number of halogens is 1. The maximum absolute atomic E-state index is 12.7. The van der Waals surface area contributed by atoms with Crippen molar-refractivity contribution in [1.82, 2.24) is 4.90 Å². The highest BCUT2D eigenvalue weighted by Gasteiger charge is 2.20. The highest BCUT2D eigenvalue weighted by molar-refractivity contribution is 9.10. The van der Waals surface area contributed by atoms with Gasteiger partial charge in [-0.15, -0.1) is 0 Å². The van der Waals surface area contributed by atoms with Crippen LogP contribution < -0.4 is 10.3 Å². The summed E-state index contributed by atoms with van der Waals surface area (Å²) in [6.45, 7) is 7.90. The summed E-state index contributed by atoms with van der Waals surface area (Å²) in [6.07, 6.45) is 0.888. The second-order valence-corrected chi connectivity index (χ2v) is 7.12. The van der Waals surface area contributed by atoms with Crippen molar-refractivity contribution in [3.8, 4) is 0 Å². The Hall–Kier alpha value is -1.86. The molecule has 2 aromatic rings. The van der Waals surface area contributed by atoms with E-state index in [2.05, 4.69) is 15.9 Å². The lowest BCUT2D eigenvalue weighted by molar-refractivity contribution is 0.0764. The molecule has 1 fully saturated rings. The van der Waals surface area contributed by atoms with Gasteiger partial charge in [-0.1, -0.05) is 6.92 Å². The Morgan fingerprint density at radius 1 is 1.23 bits per heavy atom. The molecule has 2 heterocycles. The SMILES string of the molecule is CCCN(CC)C(=O)c1cc(Br)c2oc(N3CCOCC3)cc(=O)c2c1. The standard InChI is InChI=1S/C19H23BrN2O4/c1-3-5-21(4-2)19(24)13-10-14-16(23)12-17(22-6-8-25-9-7-22)26-18(14)15(20)11-13/h10-12H,3-9H2,1-2H3. The van der Waals surface area contributed by atoms with Crippen LogP contribution in [0.15, 0.2) is 31.9 Å². The molecule has 0 radical (unpaired) electrons. The molecule has 0 unspecified atom stereocenters. The number of hydrogen-bond acceptors (Lipinski definition) is 5. The molecule has 1 aliphatic heterocycles. The normalized spacial score (nSPS) is 14.7. The number of rotatable bonds is 5. The average molecular weight is 423 g/mol. The molecule has 1 aromatic heterocycles. The van der Waals surface area contributed by atoms with E-state index in [1.54, 1.807) is 17.0 Å². The van der Waals surface area contributed by atoms with Crippen LogP contribution in [0.3, 0.4) is 0 Å². The minimum atomic E-state index is -0.151. The number of benzene rings is 1. The Bertz CT molecular complexity index is 858. The van der Waals surface area contributed by atoms with Gasteiger partial charge in [-0.3, -0.25) is 9.59 Å². The molecule has 0 bridgehead atoms. The van der Waals surface area contributed by atoms with Crippen LogP contribution in [0.2, 0.25) is 0 Å². The first-order chi connectivity index (χ1) is 12.5. The third-order valence-corrected chi connectivity index (χ3v) is 5.09. The fourth-order valence-electron chi connectivity index (χ4n) is 3.12. The van der Waals surface area contributed by atoms with E-state index in [4.69, 9.17) is 9.15 Å². The molecule has 1 saturated heterocycles. The van der Waals surface area contributed by atoms with Crippen LogP contribution in [-0.4, -0.2) is 50.2 Å². The first-order valence-corrected chi connectivity index (χ1v) is 9.73. The Labute approximate surface area is 160 Å². The fourth-order valence-corrected chi connectivity index (χ4v) is 3.66. The van der Waals surface area contributed by atoms with E-state index in [1.165, 1.54) is 6.07 Å². The summed E-state index contributed by atoms with van der Waals surface area (Å²) >= 11 is 3.47. The molecule has 1 aliphatic rings. The van der Waals surface area contributed by atoms with Crippen LogP contribution in [0.25, 0.3) is 11.0 Å². The van der Waals surface area contributed by atoms with E-state index in [-0.39, 0.29) is 11.3 Å². The van der Waals surface area contributed by atoms with E-state index in [1.807, 2.05) is 18.7 Å². The quantitative estimate of drug-likeness (QED) is 0.739. The van der Waals surface area contributed by atoms with Gasteiger partial charge in [0.05, 0.1) is 23.1 Å². The third-order valence-electron chi connectivity index (χ3n) is 4.50. The van der Waals surface area contributed by atoms with Crippen molar-refractivity contribution < 1.29 is 13.9 Å². The van der Waals surface area contributed by atoms with E-state index in [9.17, 15) is 9.59 Å². The topological polar surface area (TPSA) is 63.0 Å². The molecular weight excluding hydrogens is 400 g/mol. The molecule has 140 valence electrons. The van der Waals surface area contributed by atoms with Gasteiger partial charge in [-0.2, -0.15) is 0 Å². The molecule has 1 aromatic carbocycles. The molecule has 0 aliphatic carbocycles. The van der Waals surface area contributed by atoms with Gasteiger partial charge in [0.25, 0.3) is 5.91 Å². The van der Waals surface area contributed by atoms with Crippen molar-refractivity contribution in [1.29, 1.82) is 0 Å². The Kier molecular flexibility index (Phi) is 5.98. The van der Waals surface area contributed by atoms with Crippen LogP contribution in [-0.2, 0) is 4.74 Å². The van der Waals surface area contributed by atoms with Crippen molar-refractivity contribution in [3.05, 3.63) is 38.5 Å². The second kappa shape index (κ2) is 8.22. The van der Waals surface area contributed by atoms with Gasteiger partial charge in [-0.25, -0.2) is 0 Å². The maximum Gasteiger partial charge on any atom is 0.253 e. The summed E-state index contributed by atoms with van der Waals surface area (Å²) in [4.78, 5) is 29.2. The van der Waals surface area contributed by atoms with E-state index in [0.29, 0.717) is 66.3 Å². The summed E-state index contributed by atoms with van der Waals surface area (Å²) in [5.41, 5.74) is 0.807. The largest absolute Gasteiger partial charge is 0.439 e. The molecule has 7 heteroatoms. The summed E-state index contributed by atoms with van der Waals surface area (Å²) in [5, 5.41) is 0.410. The number of fused-ring (bicyclic) bond motifs is 1. The predicted molar refractivity (Wildman–Crippen MR) is 105 cm³/mol. The summed E-state index contributed by atoms with van der Waals surface area (Å²) in [5.74, 6) is 0.459. The molecule has 26 heavy (non-hydrogen) atoms. The number of anilines is 1. The number of carbonyl (C=O) groups excluding carboxylic acids is 1. The lowest BCUT2D eigenvalue weighted by Gasteiger charge is -2.27. The summed E-state index contributed by atoms with van der Waals surface area (Å²) in [6, 6.07) is 4.86. The number of ether oxygens (including phenoxy) is 1. The maximum atomic E-state index is 12.7. The molecular formula is C19H23BrN2O4. The lowest BCUT2D eigenvalue weighted by Crippen LogP contribution is -2.36. The van der Waals surface area contributed by atoms with E-state index >= 15 is 0 Å². The van der Waals surface area contributed by atoms with Gasteiger partial charge in [0.15, 0.2) is 16.9 Å². The highest BCUT2D eigenvalue weighted by atomic mass is 79.9. The van der Waals surface area contributed by atoms with Crippen LogP contribution >= 0.6 is 15.9 Å². The second-order valence-electron chi connectivity index (χ2n) is 6.27. The number of carbonyl (C=O) groups is 1. The molecule has 0 saturated carbocycles. The smallest absolute Gasteiger partial charge is 0.253 e. The molecule has 0 atom stereocenters. The van der Waals surface area contributed by atoms with Gasteiger partial charge < -0.3 is 19.0 Å². The number of nitrogens with zero attached hydrogens (tertiary/aromatic N) is 2.